The van der Waals surface area contributed by atoms with Gasteiger partial charge in [-0.25, -0.2) is 4.98 Å². The molecule has 2 N–H and O–H groups in total. The molecule has 1 aromatic heterocycles. The lowest BCUT2D eigenvalue weighted by molar-refractivity contribution is 0.185. The van der Waals surface area contributed by atoms with Gasteiger partial charge in [0.1, 0.15) is 5.82 Å². The standard InChI is InChI=1S/C17H29N5/c1-5-12(4)22-9-8-15-14(10-22)16(19-13-6-7-13)21-17(20-15)18-11(2)3/h11-13H,5-10H2,1-4H3,(H2,18,19,20,21)/t12-/m1/s1. The van der Waals surface area contributed by atoms with Crippen LogP contribution in [0.25, 0.3) is 0 Å². The monoisotopic (exact) mass is 303 g/mol. The van der Waals surface area contributed by atoms with E-state index in [2.05, 4.69) is 43.2 Å². The van der Waals surface area contributed by atoms with Crippen LogP contribution in [0.15, 0.2) is 0 Å². The number of hydrogen-bond acceptors (Lipinski definition) is 5. The number of anilines is 2. The average molecular weight is 303 g/mol. The Bertz CT molecular complexity index is 524. The Morgan fingerprint density at radius 1 is 1.23 bits per heavy atom. The van der Waals surface area contributed by atoms with Crippen LogP contribution in [0.4, 0.5) is 11.8 Å². The van der Waals surface area contributed by atoms with Gasteiger partial charge in [-0.1, -0.05) is 6.92 Å². The van der Waals surface area contributed by atoms with E-state index < -0.39 is 0 Å². The van der Waals surface area contributed by atoms with Crippen LogP contribution < -0.4 is 10.6 Å². The van der Waals surface area contributed by atoms with E-state index in [0.29, 0.717) is 18.1 Å². The van der Waals surface area contributed by atoms with Crippen molar-refractivity contribution in [2.45, 2.75) is 78.0 Å². The van der Waals surface area contributed by atoms with Crippen molar-refractivity contribution < 1.29 is 0 Å². The molecular formula is C17H29N5. The maximum Gasteiger partial charge on any atom is 0.225 e. The molecule has 0 spiro atoms. The van der Waals surface area contributed by atoms with E-state index in [9.17, 15) is 0 Å². The number of hydrogen-bond donors (Lipinski definition) is 2. The Morgan fingerprint density at radius 3 is 2.64 bits per heavy atom. The summed E-state index contributed by atoms with van der Waals surface area (Å²) in [6.45, 7) is 10.9. The topological polar surface area (TPSA) is 53.1 Å². The Labute approximate surface area is 133 Å². The Balaban J connectivity index is 1.88. The zero-order chi connectivity index (χ0) is 15.7. The normalized spacial score (nSPS) is 19.9. The highest BCUT2D eigenvalue weighted by molar-refractivity contribution is 5.53. The zero-order valence-electron chi connectivity index (χ0n) is 14.3. The van der Waals surface area contributed by atoms with Crippen LogP contribution in [0.3, 0.4) is 0 Å². The lowest BCUT2D eigenvalue weighted by Crippen LogP contribution is -2.38. The summed E-state index contributed by atoms with van der Waals surface area (Å²) in [7, 11) is 0. The Kier molecular flexibility index (Phi) is 4.52. The molecule has 1 aliphatic carbocycles. The molecule has 1 saturated carbocycles. The lowest BCUT2D eigenvalue weighted by Gasteiger charge is -2.33. The van der Waals surface area contributed by atoms with Gasteiger partial charge in [0.25, 0.3) is 0 Å². The van der Waals surface area contributed by atoms with E-state index in [1.165, 1.54) is 30.5 Å². The quantitative estimate of drug-likeness (QED) is 0.846. The van der Waals surface area contributed by atoms with Crippen molar-refractivity contribution in [2.75, 3.05) is 17.2 Å². The van der Waals surface area contributed by atoms with Crippen molar-refractivity contribution >= 4 is 11.8 Å². The molecule has 0 aromatic carbocycles. The predicted molar refractivity (Wildman–Crippen MR) is 91.3 cm³/mol. The van der Waals surface area contributed by atoms with E-state index in [1.807, 2.05) is 0 Å². The van der Waals surface area contributed by atoms with Crippen LogP contribution in [-0.4, -0.2) is 39.5 Å². The molecule has 1 fully saturated rings. The van der Waals surface area contributed by atoms with E-state index in [4.69, 9.17) is 9.97 Å². The van der Waals surface area contributed by atoms with Crippen LogP contribution in [0.5, 0.6) is 0 Å². The number of nitrogens with zero attached hydrogens (tertiary/aromatic N) is 3. The maximum absolute atomic E-state index is 4.77. The van der Waals surface area contributed by atoms with Crippen LogP contribution in [0.1, 0.15) is 58.2 Å². The highest BCUT2D eigenvalue weighted by Crippen LogP contribution is 2.31. The van der Waals surface area contributed by atoms with Crippen molar-refractivity contribution in [1.29, 1.82) is 0 Å². The minimum Gasteiger partial charge on any atom is -0.367 e. The fourth-order valence-corrected chi connectivity index (χ4v) is 2.93. The molecule has 2 heterocycles. The molecule has 1 aliphatic heterocycles. The molecule has 22 heavy (non-hydrogen) atoms. The average Bonchev–Trinajstić information content (AvgIpc) is 3.29. The number of rotatable bonds is 6. The van der Waals surface area contributed by atoms with Gasteiger partial charge >= 0.3 is 0 Å². The molecule has 0 amide bonds. The summed E-state index contributed by atoms with van der Waals surface area (Å²) < 4.78 is 0. The largest absolute Gasteiger partial charge is 0.367 e. The number of aromatic nitrogens is 2. The molecule has 0 unspecified atom stereocenters. The highest BCUT2D eigenvalue weighted by atomic mass is 15.2. The van der Waals surface area contributed by atoms with E-state index >= 15 is 0 Å². The highest BCUT2D eigenvalue weighted by Gasteiger charge is 2.28. The summed E-state index contributed by atoms with van der Waals surface area (Å²) in [5.41, 5.74) is 2.54. The molecule has 122 valence electrons. The minimum absolute atomic E-state index is 0.354. The van der Waals surface area contributed by atoms with Gasteiger partial charge in [0, 0.05) is 43.2 Å². The van der Waals surface area contributed by atoms with Gasteiger partial charge < -0.3 is 10.6 Å². The molecule has 3 rings (SSSR count). The molecular weight excluding hydrogens is 274 g/mol. The first-order chi connectivity index (χ1) is 10.6. The molecule has 0 bridgehead atoms. The van der Waals surface area contributed by atoms with E-state index in [-0.39, 0.29) is 0 Å². The second-order valence-electron chi connectivity index (χ2n) is 7.02. The van der Waals surface area contributed by atoms with Gasteiger partial charge in [-0.3, -0.25) is 4.90 Å². The minimum atomic E-state index is 0.354. The fourth-order valence-electron chi connectivity index (χ4n) is 2.93. The fraction of sp³-hybridized carbons (Fsp3) is 0.765. The van der Waals surface area contributed by atoms with Gasteiger partial charge in [0.2, 0.25) is 5.95 Å². The smallest absolute Gasteiger partial charge is 0.225 e. The molecule has 1 aromatic rings. The SMILES string of the molecule is CC[C@@H](C)N1CCc2nc(NC(C)C)nc(NC3CC3)c2C1. The summed E-state index contributed by atoms with van der Waals surface area (Å²) >= 11 is 0. The van der Waals surface area contributed by atoms with Gasteiger partial charge in [-0.05, 0) is 40.0 Å². The first-order valence-corrected chi connectivity index (χ1v) is 8.73. The molecule has 2 aliphatic rings. The molecule has 0 saturated heterocycles. The molecule has 5 nitrogen and oxygen atoms in total. The van der Waals surface area contributed by atoms with Crippen molar-refractivity contribution in [3.8, 4) is 0 Å². The molecule has 5 heteroatoms. The summed E-state index contributed by atoms with van der Waals surface area (Å²) in [6, 6.07) is 1.59. The zero-order valence-corrected chi connectivity index (χ0v) is 14.3. The van der Waals surface area contributed by atoms with Gasteiger partial charge in [0.15, 0.2) is 0 Å². The second-order valence-corrected chi connectivity index (χ2v) is 7.02. The summed E-state index contributed by atoms with van der Waals surface area (Å²) in [5, 5.41) is 6.98. The van der Waals surface area contributed by atoms with Gasteiger partial charge in [-0.2, -0.15) is 4.98 Å². The molecule has 0 radical (unpaired) electrons. The van der Waals surface area contributed by atoms with Crippen molar-refractivity contribution in [1.82, 2.24) is 14.9 Å². The van der Waals surface area contributed by atoms with Crippen molar-refractivity contribution in [3.63, 3.8) is 0 Å². The van der Waals surface area contributed by atoms with Crippen LogP contribution in [-0.2, 0) is 13.0 Å². The lowest BCUT2D eigenvalue weighted by atomic mass is 10.0. The van der Waals surface area contributed by atoms with Gasteiger partial charge in [0.05, 0.1) is 5.69 Å². The van der Waals surface area contributed by atoms with E-state index in [0.717, 1.165) is 31.3 Å². The third-order valence-electron chi connectivity index (χ3n) is 4.64. The predicted octanol–water partition coefficient (Wildman–Crippen LogP) is 3.03. The van der Waals surface area contributed by atoms with Crippen molar-refractivity contribution in [2.24, 2.45) is 0 Å². The number of nitrogens with one attached hydrogen (secondary N) is 2. The summed E-state index contributed by atoms with van der Waals surface area (Å²) in [4.78, 5) is 12.1. The van der Waals surface area contributed by atoms with Crippen LogP contribution in [0.2, 0.25) is 0 Å². The Morgan fingerprint density at radius 2 is 2.00 bits per heavy atom. The van der Waals surface area contributed by atoms with Crippen LogP contribution >= 0.6 is 0 Å². The van der Waals surface area contributed by atoms with E-state index in [1.54, 1.807) is 0 Å². The van der Waals surface area contributed by atoms with Crippen molar-refractivity contribution in [3.05, 3.63) is 11.3 Å². The summed E-state index contributed by atoms with van der Waals surface area (Å²) in [6.07, 6.45) is 4.74. The third-order valence-corrected chi connectivity index (χ3v) is 4.64. The first kappa shape index (κ1) is 15.5. The van der Waals surface area contributed by atoms with Gasteiger partial charge in [-0.15, -0.1) is 0 Å². The maximum atomic E-state index is 4.77. The van der Waals surface area contributed by atoms with Crippen LogP contribution in [0, 0.1) is 0 Å². The summed E-state index contributed by atoms with van der Waals surface area (Å²) in [5.74, 6) is 1.83. The first-order valence-electron chi connectivity index (χ1n) is 8.73. The second kappa shape index (κ2) is 6.41. The molecule has 1 atom stereocenters. The Hall–Kier alpha value is -1.36. The third kappa shape index (κ3) is 3.51. The number of fused-ring (bicyclic) bond motifs is 1.